The molecule has 0 bridgehead atoms. The molecule has 1 heterocycles. The maximum absolute atomic E-state index is 12.1. The molecule has 1 aromatic carbocycles. The SMILES string of the molecule is CCOc1c(Br)cc(/C=C2\CN(CC)CCC2=O)cc1OC. The molecule has 1 aliphatic rings. The van der Waals surface area contributed by atoms with Crippen LogP contribution in [0.4, 0.5) is 0 Å². The van der Waals surface area contributed by atoms with Crippen LogP contribution in [-0.4, -0.2) is 44.0 Å². The molecule has 0 unspecified atom stereocenters. The molecule has 0 spiro atoms. The van der Waals surface area contributed by atoms with Gasteiger partial charge >= 0.3 is 0 Å². The molecule has 22 heavy (non-hydrogen) atoms. The average molecular weight is 368 g/mol. The van der Waals surface area contributed by atoms with E-state index >= 15 is 0 Å². The van der Waals surface area contributed by atoms with Gasteiger partial charge in [0.2, 0.25) is 0 Å². The number of halogens is 1. The first-order chi connectivity index (χ1) is 10.6. The van der Waals surface area contributed by atoms with Gasteiger partial charge in [0.1, 0.15) is 0 Å². The van der Waals surface area contributed by atoms with E-state index in [2.05, 4.69) is 27.8 Å². The van der Waals surface area contributed by atoms with Gasteiger partial charge < -0.3 is 9.47 Å². The summed E-state index contributed by atoms with van der Waals surface area (Å²) in [5, 5.41) is 0. The lowest BCUT2D eigenvalue weighted by Crippen LogP contribution is -2.35. The number of carbonyl (C=O) groups excluding carboxylic acids is 1. The van der Waals surface area contributed by atoms with Gasteiger partial charge in [0, 0.05) is 25.1 Å². The summed E-state index contributed by atoms with van der Waals surface area (Å²) in [6, 6.07) is 3.86. The number of carbonyl (C=O) groups is 1. The van der Waals surface area contributed by atoms with Crippen molar-refractivity contribution in [1.82, 2.24) is 4.90 Å². The fourth-order valence-electron chi connectivity index (χ4n) is 2.53. The number of ether oxygens (including phenoxy) is 2. The minimum absolute atomic E-state index is 0.230. The Morgan fingerprint density at radius 2 is 2.14 bits per heavy atom. The molecule has 0 aliphatic carbocycles. The first-order valence-corrected chi connectivity index (χ1v) is 8.34. The van der Waals surface area contributed by atoms with E-state index in [1.54, 1.807) is 7.11 Å². The summed E-state index contributed by atoms with van der Waals surface area (Å²) in [5.74, 6) is 1.59. The van der Waals surface area contributed by atoms with Crippen LogP contribution >= 0.6 is 15.9 Å². The Bertz CT molecular complexity index is 584. The average Bonchev–Trinajstić information content (AvgIpc) is 2.51. The van der Waals surface area contributed by atoms with Crippen LogP contribution in [0.3, 0.4) is 0 Å². The zero-order chi connectivity index (χ0) is 16.1. The fraction of sp³-hybridized carbons (Fsp3) is 0.471. The number of ketones is 1. The van der Waals surface area contributed by atoms with Crippen molar-refractivity contribution in [3.05, 3.63) is 27.7 Å². The van der Waals surface area contributed by atoms with Gasteiger partial charge in [-0.05, 0) is 53.2 Å². The molecule has 4 nitrogen and oxygen atoms in total. The maximum atomic E-state index is 12.1. The van der Waals surface area contributed by atoms with Crippen LogP contribution in [0.25, 0.3) is 6.08 Å². The number of Topliss-reactive ketones (excluding diaryl/α,β-unsaturated/α-hetero) is 1. The summed E-state index contributed by atoms with van der Waals surface area (Å²) in [6.07, 6.45) is 2.54. The molecule has 0 atom stereocenters. The van der Waals surface area contributed by atoms with Crippen LogP contribution in [0.1, 0.15) is 25.8 Å². The zero-order valence-corrected chi connectivity index (χ0v) is 14.9. The Hall–Kier alpha value is -1.33. The standard InChI is InChI=1S/C17H22BrNO3/c1-4-19-7-6-15(20)13(11-19)8-12-9-14(18)17(22-5-2)16(10-12)21-3/h8-10H,4-7,11H2,1-3H3/b13-8+. The number of methoxy groups -OCH3 is 1. The number of hydrogen-bond acceptors (Lipinski definition) is 4. The van der Waals surface area contributed by atoms with Crippen molar-refractivity contribution in [2.24, 2.45) is 0 Å². The summed E-state index contributed by atoms with van der Waals surface area (Å²) in [5.41, 5.74) is 1.79. The highest BCUT2D eigenvalue weighted by atomic mass is 79.9. The van der Waals surface area contributed by atoms with Gasteiger partial charge in [-0.15, -0.1) is 0 Å². The highest BCUT2D eigenvalue weighted by Gasteiger charge is 2.20. The lowest BCUT2D eigenvalue weighted by Gasteiger charge is -2.26. The van der Waals surface area contributed by atoms with Crippen molar-refractivity contribution in [2.45, 2.75) is 20.3 Å². The fourth-order valence-corrected chi connectivity index (χ4v) is 3.11. The zero-order valence-electron chi connectivity index (χ0n) is 13.3. The van der Waals surface area contributed by atoms with Crippen molar-refractivity contribution in [3.8, 4) is 11.5 Å². The van der Waals surface area contributed by atoms with Gasteiger partial charge in [0.25, 0.3) is 0 Å². The van der Waals surface area contributed by atoms with Crippen LogP contribution in [-0.2, 0) is 4.79 Å². The van der Waals surface area contributed by atoms with Crippen molar-refractivity contribution < 1.29 is 14.3 Å². The second kappa shape index (κ2) is 7.79. The quantitative estimate of drug-likeness (QED) is 0.746. The Balaban J connectivity index is 2.34. The normalized spacial score (nSPS) is 17.8. The first-order valence-electron chi connectivity index (χ1n) is 7.55. The molecule has 2 rings (SSSR count). The van der Waals surface area contributed by atoms with E-state index in [-0.39, 0.29) is 5.78 Å². The third-order valence-corrected chi connectivity index (χ3v) is 4.32. The summed E-state index contributed by atoms with van der Waals surface area (Å²) in [4.78, 5) is 14.4. The van der Waals surface area contributed by atoms with E-state index in [4.69, 9.17) is 9.47 Å². The number of likely N-dealkylation sites (tertiary alicyclic amines) is 1. The number of piperidine rings is 1. The molecular formula is C17H22BrNO3. The second-order valence-electron chi connectivity index (χ2n) is 5.18. The Morgan fingerprint density at radius 1 is 1.36 bits per heavy atom. The predicted molar refractivity (Wildman–Crippen MR) is 91.6 cm³/mol. The number of nitrogens with zero attached hydrogens (tertiary/aromatic N) is 1. The van der Waals surface area contributed by atoms with Crippen LogP contribution < -0.4 is 9.47 Å². The minimum Gasteiger partial charge on any atom is -0.493 e. The maximum Gasteiger partial charge on any atom is 0.175 e. The van der Waals surface area contributed by atoms with Crippen LogP contribution in [0, 0.1) is 0 Å². The Morgan fingerprint density at radius 3 is 2.77 bits per heavy atom. The third kappa shape index (κ3) is 3.90. The molecule has 5 heteroatoms. The highest BCUT2D eigenvalue weighted by molar-refractivity contribution is 9.10. The predicted octanol–water partition coefficient (Wildman–Crippen LogP) is 3.53. The lowest BCUT2D eigenvalue weighted by molar-refractivity contribution is -0.117. The summed E-state index contributed by atoms with van der Waals surface area (Å²) >= 11 is 3.52. The summed E-state index contributed by atoms with van der Waals surface area (Å²) < 4.78 is 11.8. The van der Waals surface area contributed by atoms with Gasteiger partial charge in [-0.25, -0.2) is 0 Å². The molecule has 1 aromatic rings. The van der Waals surface area contributed by atoms with Crippen molar-refractivity contribution in [1.29, 1.82) is 0 Å². The van der Waals surface area contributed by atoms with E-state index in [1.165, 1.54) is 0 Å². The van der Waals surface area contributed by atoms with Crippen LogP contribution in [0.15, 0.2) is 22.2 Å². The molecule has 1 fully saturated rings. The molecule has 0 amide bonds. The van der Waals surface area contributed by atoms with Gasteiger partial charge in [-0.3, -0.25) is 9.69 Å². The second-order valence-corrected chi connectivity index (χ2v) is 6.03. The van der Waals surface area contributed by atoms with E-state index in [9.17, 15) is 4.79 Å². The summed E-state index contributed by atoms with van der Waals surface area (Å²) in [7, 11) is 1.62. The molecule has 0 aromatic heterocycles. The molecular weight excluding hydrogens is 346 g/mol. The van der Waals surface area contributed by atoms with Crippen molar-refractivity contribution in [3.63, 3.8) is 0 Å². The van der Waals surface area contributed by atoms with E-state index in [0.29, 0.717) is 31.1 Å². The molecule has 1 aliphatic heterocycles. The summed E-state index contributed by atoms with van der Waals surface area (Å²) in [6.45, 7) is 7.14. The molecule has 0 saturated carbocycles. The Kier molecular flexibility index (Phi) is 6.03. The lowest BCUT2D eigenvalue weighted by atomic mass is 10.0. The van der Waals surface area contributed by atoms with Crippen LogP contribution in [0.5, 0.6) is 11.5 Å². The van der Waals surface area contributed by atoms with Crippen LogP contribution in [0.2, 0.25) is 0 Å². The van der Waals surface area contributed by atoms with Gasteiger partial charge in [-0.1, -0.05) is 6.92 Å². The molecule has 0 N–H and O–H groups in total. The highest BCUT2D eigenvalue weighted by Crippen LogP contribution is 2.37. The van der Waals surface area contributed by atoms with E-state index in [1.807, 2.05) is 25.1 Å². The van der Waals surface area contributed by atoms with E-state index in [0.717, 1.165) is 28.7 Å². The number of likely N-dealkylation sites (N-methyl/N-ethyl adjacent to an activating group) is 1. The largest absolute Gasteiger partial charge is 0.493 e. The van der Waals surface area contributed by atoms with Gasteiger partial charge in [0.15, 0.2) is 17.3 Å². The molecule has 120 valence electrons. The third-order valence-electron chi connectivity index (χ3n) is 3.74. The van der Waals surface area contributed by atoms with Crippen molar-refractivity contribution >= 4 is 27.8 Å². The first kappa shape index (κ1) is 17.0. The number of benzene rings is 1. The number of hydrogen-bond donors (Lipinski definition) is 0. The number of rotatable bonds is 5. The van der Waals surface area contributed by atoms with Crippen molar-refractivity contribution in [2.75, 3.05) is 33.4 Å². The van der Waals surface area contributed by atoms with Gasteiger partial charge in [-0.2, -0.15) is 0 Å². The molecule has 0 radical (unpaired) electrons. The topological polar surface area (TPSA) is 38.8 Å². The smallest absolute Gasteiger partial charge is 0.175 e. The van der Waals surface area contributed by atoms with Gasteiger partial charge in [0.05, 0.1) is 18.2 Å². The Labute approximate surface area is 140 Å². The minimum atomic E-state index is 0.230. The monoisotopic (exact) mass is 367 g/mol. The van der Waals surface area contributed by atoms with E-state index < -0.39 is 0 Å². The molecule has 1 saturated heterocycles.